The van der Waals surface area contributed by atoms with E-state index in [1.807, 2.05) is 54.6 Å². The molecule has 3 amide bonds. The minimum Gasteiger partial charge on any atom is -0.345 e. The number of hydrogen-bond donors (Lipinski definition) is 2. The molecular weight excluding hydrogens is 314 g/mol. The molecule has 0 spiro atoms. The van der Waals surface area contributed by atoms with Crippen molar-refractivity contribution in [2.75, 3.05) is 14.1 Å². The first-order chi connectivity index (χ1) is 12.0. The molecule has 1 atom stereocenters. The maximum atomic E-state index is 12.6. The summed E-state index contributed by atoms with van der Waals surface area (Å²) in [6, 6.07) is 17.2. The van der Waals surface area contributed by atoms with Crippen molar-refractivity contribution in [1.29, 1.82) is 0 Å². The van der Waals surface area contributed by atoms with Crippen molar-refractivity contribution in [2.45, 2.75) is 13.0 Å². The standard InChI is InChI=1S/C20H21N3O2/c1-13-17(19(24)23(2)3)18(22-20(25)21-13)16-11-9-15(10-12-16)14-7-5-4-6-8-14/h4-12,18H,1-3H3,(H2,21,22,25). The van der Waals surface area contributed by atoms with Crippen molar-refractivity contribution in [3.8, 4) is 11.1 Å². The zero-order chi connectivity index (χ0) is 18.0. The molecule has 0 radical (unpaired) electrons. The van der Waals surface area contributed by atoms with Crippen LogP contribution in [0.4, 0.5) is 4.79 Å². The Bertz CT molecular complexity index is 824. The Morgan fingerprint density at radius 2 is 1.56 bits per heavy atom. The maximum absolute atomic E-state index is 12.6. The molecule has 0 bridgehead atoms. The van der Waals surface area contributed by atoms with Crippen molar-refractivity contribution < 1.29 is 9.59 Å². The number of nitrogens with zero attached hydrogens (tertiary/aromatic N) is 1. The third kappa shape index (κ3) is 3.40. The van der Waals surface area contributed by atoms with E-state index in [9.17, 15) is 9.59 Å². The highest BCUT2D eigenvalue weighted by Crippen LogP contribution is 2.29. The lowest BCUT2D eigenvalue weighted by Gasteiger charge is -2.30. The van der Waals surface area contributed by atoms with E-state index in [4.69, 9.17) is 0 Å². The van der Waals surface area contributed by atoms with E-state index in [-0.39, 0.29) is 11.9 Å². The Hall–Kier alpha value is -3.08. The lowest BCUT2D eigenvalue weighted by Crippen LogP contribution is -2.46. The van der Waals surface area contributed by atoms with E-state index in [2.05, 4.69) is 10.6 Å². The molecule has 128 valence electrons. The van der Waals surface area contributed by atoms with Gasteiger partial charge in [-0.25, -0.2) is 4.79 Å². The second-order valence-electron chi connectivity index (χ2n) is 6.26. The van der Waals surface area contributed by atoms with Gasteiger partial charge in [0.05, 0.1) is 11.6 Å². The SMILES string of the molecule is CC1=C(C(=O)N(C)C)C(c2ccc(-c3ccccc3)cc2)NC(=O)N1. The summed E-state index contributed by atoms with van der Waals surface area (Å²) in [7, 11) is 3.41. The molecule has 2 N–H and O–H groups in total. The summed E-state index contributed by atoms with van der Waals surface area (Å²) in [5, 5.41) is 5.54. The van der Waals surface area contributed by atoms with Crippen LogP contribution in [0.1, 0.15) is 18.5 Å². The average Bonchev–Trinajstić information content (AvgIpc) is 2.61. The van der Waals surface area contributed by atoms with Gasteiger partial charge in [0.25, 0.3) is 5.91 Å². The van der Waals surface area contributed by atoms with Crippen LogP contribution in [-0.2, 0) is 4.79 Å². The van der Waals surface area contributed by atoms with Crippen LogP contribution in [0.15, 0.2) is 65.9 Å². The Morgan fingerprint density at radius 1 is 0.960 bits per heavy atom. The highest BCUT2D eigenvalue weighted by atomic mass is 16.2. The number of nitrogens with one attached hydrogen (secondary N) is 2. The lowest BCUT2D eigenvalue weighted by atomic mass is 9.93. The molecule has 3 rings (SSSR count). The van der Waals surface area contributed by atoms with Gasteiger partial charge in [0.2, 0.25) is 0 Å². The third-order valence-corrected chi connectivity index (χ3v) is 4.26. The normalized spacial score (nSPS) is 16.9. The third-order valence-electron chi connectivity index (χ3n) is 4.26. The van der Waals surface area contributed by atoms with Gasteiger partial charge in [-0.15, -0.1) is 0 Å². The molecule has 5 heteroatoms. The van der Waals surface area contributed by atoms with Crippen LogP contribution in [0.3, 0.4) is 0 Å². The summed E-state index contributed by atoms with van der Waals surface area (Å²) in [4.78, 5) is 26.0. The predicted octanol–water partition coefficient (Wildman–Crippen LogP) is 3.07. The number of urea groups is 1. The summed E-state index contributed by atoms with van der Waals surface area (Å²) in [5.74, 6) is -0.123. The van der Waals surface area contributed by atoms with Gasteiger partial charge in [-0.2, -0.15) is 0 Å². The molecule has 2 aromatic carbocycles. The van der Waals surface area contributed by atoms with Crippen molar-refractivity contribution >= 4 is 11.9 Å². The Balaban J connectivity index is 1.97. The molecule has 1 heterocycles. The van der Waals surface area contributed by atoms with E-state index >= 15 is 0 Å². The summed E-state index contributed by atoms with van der Waals surface area (Å²) in [6.07, 6.45) is 0. The molecule has 0 aromatic heterocycles. The van der Waals surface area contributed by atoms with Crippen molar-refractivity contribution in [1.82, 2.24) is 15.5 Å². The minimum atomic E-state index is -0.464. The van der Waals surface area contributed by atoms with Crippen LogP contribution in [-0.4, -0.2) is 30.9 Å². The molecule has 2 aromatic rings. The van der Waals surface area contributed by atoms with Gasteiger partial charge in [-0.3, -0.25) is 4.79 Å². The molecule has 1 aliphatic rings. The van der Waals surface area contributed by atoms with E-state index in [1.165, 1.54) is 4.90 Å². The predicted molar refractivity (Wildman–Crippen MR) is 97.7 cm³/mol. The fraction of sp³-hybridized carbons (Fsp3) is 0.200. The highest BCUT2D eigenvalue weighted by molar-refractivity contribution is 5.98. The second-order valence-corrected chi connectivity index (χ2v) is 6.26. The minimum absolute atomic E-state index is 0.123. The monoisotopic (exact) mass is 335 g/mol. The quantitative estimate of drug-likeness (QED) is 0.905. The molecule has 25 heavy (non-hydrogen) atoms. The van der Waals surface area contributed by atoms with Gasteiger partial charge in [0.15, 0.2) is 0 Å². The maximum Gasteiger partial charge on any atom is 0.319 e. The first-order valence-electron chi connectivity index (χ1n) is 8.12. The summed E-state index contributed by atoms with van der Waals surface area (Å²) in [6.45, 7) is 1.75. The molecule has 1 unspecified atom stereocenters. The van der Waals surface area contributed by atoms with Crippen LogP contribution in [0.5, 0.6) is 0 Å². The van der Waals surface area contributed by atoms with Crippen LogP contribution in [0.2, 0.25) is 0 Å². The second kappa shape index (κ2) is 6.81. The van der Waals surface area contributed by atoms with Crippen molar-refractivity contribution in [3.05, 3.63) is 71.4 Å². The van der Waals surface area contributed by atoms with E-state index in [0.717, 1.165) is 16.7 Å². The molecule has 0 saturated heterocycles. The molecule has 5 nitrogen and oxygen atoms in total. The van der Waals surface area contributed by atoms with Gasteiger partial charge in [0.1, 0.15) is 0 Å². The Labute approximate surface area is 147 Å². The number of allylic oxidation sites excluding steroid dienone is 1. The van der Waals surface area contributed by atoms with Gasteiger partial charge in [-0.05, 0) is 23.6 Å². The molecule has 0 fully saturated rings. The van der Waals surface area contributed by atoms with E-state index in [1.54, 1.807) is 21.0 Å². The van der Waals surface area contributed by atoms with Gasteiger partial charge >= 0.3 is 6.03 Å². The van der Waals surface area contributed by atoms with Crippen LogP contribution < -0.4 is 10.6 Å². The Morgan fingerprint density at radius 3 is 2.16 bits per heavy atom. The van der Waals surface area contributed by atoms with E-state index in [0.29, 0.717) is 11.3 Å². The van der Waals surface area contributed by atoms with Crippen LogP contribution in [0, 0.1) is 0 Å². The smallest absolute Gasteiger partial charge is 0.319 e. The van der Waals surface area contributed by atoms with Crippen molar-refractivity contribution in [2.24, 2.45) is 0 Å². The molecule has 0 saturated carbocycles. The van der Waals surface area contributed by atoms with Gasteiger partial charge < -0.3 is 15.5 Å². The summed E-state index contributed by atoms with van der Waals surface area (Å²) < 4.78 is 0. The van der Waals surface area contributed by atoms with Gasteiger partial charge in [-0.1, -0.05) is 54.6 Å². The summed E-state index contributed by atoms with van der Waals surface area (Å²) >= 11 is 0. The van der Waals surface area contributed by atoms with Crippen LogP contribution >= 0.6 is 0 Å². The molecule has 0 aliphatic carbocycles. The first kappa shape index (κ1) is 16.8. The average molecular weight is 335 g/mol. The number of amides is 3. The zero-order valence-electron chi connectivity index (χ0n) is 14.5. The Kier molecular flexibility index (Phi) is 4.57. The first-order valence-corrected chi connectivity index (χ1v) is 8.12. The van der Waals surface area contributed by atoms with Gasteiger partial charge in [0, 0.05) is 19.8 Å². The largest absolute Gasteiger partial charge is 0.345 e. The number of carbonyl (C=O) groups excluding carboxylic acids is 2. The number of hydrogen-bond acceptors (Lipinski definition) is 2. The van der Waals surface area contributed by atoms with E-state index < -0.39 is 6.04 Å². The summed E-state index contributed by atoms with van der Waals surface area (Å²) in [5.41, 5.74) is 4.22. The number of carbonyl (C=O) groups is 2. The molecular formula is C20H21N3O2. The fourth-order valence-corrected chi connectivity index (χ4v) is 2.97. The van der Waals surface area contributed by atoms with Crippen LogP contribution in [0.25, 0.3) is 11.1 Å². The number of likely N-dealkylation sites (N-methyl/N-ethyl adjacent to an activating group) is 1. The zero-order valence-corrected chi connectivity index (χ0v) is 14.5. The fourth-order valence-electron chi connectivity index (χ4n) is 2.97. The van der Waals surface area contributed by atoms with Crippen molar-refractivity contribution in [3.63, 3.8) is 0 Å². The lowest BCUT2D eigenvalue weighted by molar-refractivity contribution is -0.125. The topological polar surface area (TPSA) is 61.4 Å². The number of rotatable bonds is 3. The highest BCUT2D eigenvalue weighted by Gasteiger charge is 2.31. The number of benzene rings is 2. The molecule has 1 aliphatic heterocycles.